The molecule has 248 valence electrons. The lowest BCUT2D eigenvalue weighted by Gasteiger charge is -2.25. The van der Waals surface area contributed by atoms with Gasteiger partial charge in [0, 0.05) is 37.9 Å². The molecule has 13 heteroatoms. The predicted molar refractivity (Wildman–Crippen MR) is 169 cm³/mol. The number of amides is 4. The van der Waals surface area contributed by atoms with Crippen LogP contribution in [0.2, 0.25) is 0 Å². The Morgan fingerprint density at radius 1 is 0.889 bits per heavy atom. The summed E-state index contributed by atoms with van der Waals surface area (Å²) in [7, 11) is 0. The predicted octanol–water partition coefficient (Wildman–Crippen LogP) is 2.66. The maximum atomic E-state index is 12.5. The van der Waals surface area contributed by atoms with Gasteiger partial charge in [-0.15, -0.1) is 5.10 Å². The number of hydrogen-bond donors (Lipinski definition) is 4. The van der Waals surface area contributed by atoms with Gasteiger partial charge >= 0.3 is 0 Å². The van der Waals surface area contributed by atoms with Gasteiger partial charge in [-0.3, -0.25) is 19.2 Å². The maximum absolute atomic E-state index is 12.5. The van der Waals surface area contributed by atoms with Gasteiger partial charge in [-0.25, -0.2) is 4.68 Å². The minimum Gasteiger partial charge on any atom is -0.494 e. The van der Waals surface area contributed by atoms with E-state index in [9.17, 15) is 19.2 Å². The molecule has 0 saturated carbocycles. The minimum absolute atomic E-state index is 0.0693. The fourth-order valence-corrected chi connectivity index (χ4v) is 5.27. The van der Waals surface area contributed by atoms with E-state index in [0.717, 1.165) is 48.5 Å². The number of fused-ring (bicyclic) bond motifs is 1. The van der Waals surface area contributed by atoms with Crippen molar-refractivity contribution in [2.24, 2.45) is 0 Å². The molecule has 4 amide bonds. The lowest BCUT2D eigenvalue weighted by molar-refractivity contribution is -0.130. The summed E-state index contributed by atoms with van der Waals surface area (Å²) < 4.78 is 13.7. The molecule has 0 bridgehead atoms. The van der Waals surface area contributed by atoms with Gasteiger partial charge in [0.05, 0.1) is 24.5 Å². The first-order chi connectivity index (χ1) is 21.2. The average Bonchev–Trinajstić information content (AvgIpc) is 3.33. The number of ether oxygens (including phenoxy) is 2. The molecule has 0 saturated heterocycles. The Bertz CT molecular complexity index is 1310. The van der Waals surface area contributed by atoms with Crippen molar-refractivity contribution < 1.29 is 28.7 Å². The third kappa shape index (κ3) is 12.1. The molecule has 45 heavy (non-hydrogen) atoms. The van der Waals surface area contributed by atoms with E-state index in [2.05, 4.69) is 31.6 Å². The Hall–Kier alpha value is -4.00. The van der Waals surface area contributed by atoms with Gasteiger partial charge in [-0.05, 0) is 77.6 Å². The highest BCUT2D eigenvalue weighted by atomic mass is 16.5. The van der Waals surface area contributed by atoms with Crippen LogP contribution >= 0.6 is 0 Å². The fourth-order valence-electron chi connectivity index (χ4n) is 5.27. The van der Waals surface area contributed by atoms with E-state index in [-0.39, 0.29) is 42.5 Å². The Labute approximate surface area is 265 Å². The average molecular weight is 628 g/mol. The molecule has 1 aromatic carbocycles. The van der Waals surface area contributed by atoms with Crippen LogP contribution in [0.15, 0.2) is 24.3 Å². The highest BCUT2D eigenvalue weighted by Crippen LogP contribution is 2.30. The Kier molecular flexibility index (Phi) is 12.9. The molecule has 2 aromatic rings. The molecule has 13 nitrogen and oxygen atoms in total. The SMILES string of the molecule is CC(=O)NC(C)(C)CCNC(=O)CNC(=O)COC1CCCCCc2c1nnn2-c1ccc(OCCC(C)(C)NC(C)=O)cc1. The van der Waals surface area contributed by atoms with Gasteiger partial charge < -0.3 is 30.7 Å². The van der Waals surface area contributed by atoms with E-state index < -0.39 is 11.4 Å². The zero-order valence-electron chi connectivity index (χ0n) is 27.5. The summed E-state index contributed by atoms with van der Waals surface area (Å²) in [4.78, 5) is 47.4. The Morgan fingerprint density at radius 2 is 1.56 bits per heavy atom. The second kappa shape index (κ2) is 16.4. The third-order valence-electron chi connectivity index (χ3n) is 7.52. The second-order valence-electron chi connectivity index (χ2n) is 12.8. The number of aromatic nitrogens is 3. The van der Waals surface area contributed by atoms with Crippen molar-refractivity contribution in [1.82, 2.24) is 36.3 Å². The fraction of sp³-hybridized carbons (Fsp3) is 0.625. The lowest BCUT2D eigenvalue weighted by atomic mass is 9.98. The summed E-state index contributed by atoms with van der Waals surface area (Å²) in [5.74, 6) is -0.191. The molecule has 1 atom stereocenters. The summed E-state index contributed by atoms with van der Waals surface area (Å²) >= 11 is 0. The zero-order chi connectivity index (χ0) is 33.0. The molecule has 1 unspecified atom stereocenters. The first-order valence-corrected chi connectivity index (χ1v) is 15.6. The first-order valence-electron chi connectivity index (χ1n) is 15.6. The topological polar surface area (TPSA) is 166 Å². The number of benzene rings is 1. The van der Waals surface area contributed by atoms with Crippen LogP contribution < -0.4 is 26.0 Å². The van der Waals surface area contributed by atoms with Crippen molar-refractivity contribution in [1.29, 1.82) is 0 Å². The monoisotopic (exact) mass is 627 g/mol. The molecule has 0 fully saturated rings. The summed E-state index contributed by atoms with van der Waals surface area (Å²) in [6, 6.07) is 7.63. The first kappa shape index (κ1) is 35.5. The smallest absolute Gasteiger partial charge is 0.246 e. The highest BCUT2D eigenvalue weighted by molar-refractivity contribution is 5.85. The molecule has 4 N–H and O–H groups in total. The van der Waals surface area contributed by atoms with E-state index in [1.165, 1.54) is 13.8 Å². The number of carbonyl (C=O) groups excluding carboxylic acids is 4. The van der Waals surface area contributed by atoms with Crippen molar-refractivity contribution in [3.8, 4) is 11.4 Å². The molecule has 1 aliphatic carbocycles. The molecule has 1 aromatic heterocycles. The van der Waals surface area contributed by atoms with Gasteiger partial charge in [0.2, 0.25) is 23.6 Å². The summed E-state index contributed by atoms with van der Waals surface area (Å²) in [6.07, 6.45) is 5.29. The maximum Gasteiger partial charge on any atom is 0.246 e. The van der Waals surface area contributed by atoms with Crippen LogP contribution in [0.25, 0.3) is 5.69 Å². The van der Waals surface area contributed by atoms with E-state index in [4.69, 9.17) is 9.47 Å². The van der Waals surface area contributed by atoms with Crippen molar-refractivity contribution in [2.45, 2.75) is 104 Å². The molecule has 0 radical (unpaired) electrons. The molecule has 1 heterocycles. The number of hydrogen-bond acceptors (Lipinski definition) is 8. The third-order valence-corrected chi connectivity index (χ3v) is 7.52. The molecular weight excluding hydrogens is 578 g/mol. The van der Waals surface area contributed by atoms with E-state index in [1.54, 1.807) is 0 Å². The Morgan fingerprint density at radius 3 is 2.22 bits per heavy atom. The number of nitrogens with zero attached hydrogens (tertiary/aromatic N) is 3. The van der Waals surface area contributed by atoms with E-state index >= 15 is 0 Å². The normalized spacial score (nSPS) is 15.2. The summed E-state index contributed by atoms with van der Waals surface area (Å²) in [5, 5.41) is 20.0. The van der Waals surface area contributed by atoms with Gasteiger partial charge in [-0.2, -0.15) is 0 Å². The van der Waals surface area contributed by atoms with Gasteiger partial charge in [0.1, 0.15) is 24.2 Å². The van der Waals surface area contributed by atoms with E-state index in [0.29, 0.717) is 32.4 Å². The number of rotatable bonds is 15. The minimum atomic E-state index is -0.444. The molecule has 0 aliphatic heterocycles. The van der Waals surface area contributed by atoms with Crippen molar-refractivity contribution in [3.05, 3.63) is 35.7 Å². The van der Waals surface area contributed by atoms with Crippen molar-refractivity contribution in [2.75, 3.05) is 26.3 Å². The van der Waals surface area contributed by atoms with Crippen molar-refractivity contribution >= 4 is 23.6 Å². The van der Waals surface area contributed by atoms with Crippen LogP contribution in [0.4, 0.5) is 0 Å². The zero-order valence-corrected chi connectivity index (χ0v) is 27.5. The van der Waals surface area contributed by atoms with Crippen molar-refractivity contribution in [3.63, 3.8) is 0 Å². The van der Waals surface area contributed by atoms with Gasteiger partial charge in [0.15, 0.2) is 0 Å². The number of nitrogens with one attached hydrogen (secondary N) is 4. The quantitative estimate of drug-likeness (QED) is 0.234. The number of carbonyl (C=O) groups is 4. The lowest BCUT2D eigenvalue weighted by Crippen LogP contribution is -2.45. The van der Waals surface area contributed by atoms with Crippen LogP contribution in [0.5, 0.6) is 5.75 Å². The summed E-state index contributed by atoms with van der Waals surface area (Å²) in [6.45, 7) is 11.1. The molecule has 1 aliphatic rings. The van der Waals surface area contributed by atoms with Gasteiger partial charge in [0.25, 0.3) is 0 Å². The molecular formula is C32H49N7O6. The van der Waals surface area contributed by atoms with Crippen LogP contribution in [-0.4, -0.2) is 76.0 Å². The van der Waals surface area contributed by atoms with Gasteiger partial charge in [-0.1, -0.05) is 18.1 Å². The molecule has 3 rings (SSSR count). The largest absolute Gasteiger partial charge is 0.494 e. The van der Waals surface area contributed by atoms with E-state index in [1.807, 2.05) is 56.6 Å². The molecule has 0 spiro atoms. The van der Waals surface area contributed by atoms with Crippen LogP contribution in [-0.2, 0) is 30.3 Å². The summed E-state index contributed by atoms with van der Waals surface area (Å²) in [5.41, 5.74) is 1.72. The van der Waals surface area contributed by atoms with Crippen LogP contribution in [0.3, 0.4) is 0 Å². The van der Waals surface area contributed by atoms with Crippen LogP contribution in [0.1, 0.15) is 97.6 Å². The Balaban J connectivity index is 1.52. The second-order valence-corrected chi connectivity index (χ2v) is 12.8. The standard InChI is InChI=1S/C32H49N7O6/c1-22(40)35-31(3,4)16-18-33-28(42)20-34-29(43)21-45-27-11-9-7-8-10-26-30(27)37-38-39(26)24-12-14-25(15-13-24)44-19-17-32(5,6)36-23(2)41/h12-15,27H,7-11,16-21H2,1-6H3,(H,33,42)(H,34,43)(H,35,40)(H,36,41). The van der Waals surface area contributed by atoms with Crippen LogP contribution in [0, 0.1) is 0 Å². The highest BCUT2D eigenvalue weighted by Gasteiger charge is 2.26.